The molecule has 0 radical (unpaired) electrons. The van der Waals surface area contributed by atoms with Crippen LogP contribution in [0.1, 0.15) is 18.4 Å². The molecule has 3 unspecified atom stereocenters. The van der Waals surface area contributed by atoms with Gasteiger partial charge in [0.25, 0.3) is 0 Å². The van der Waals surface area contributed by atoms with Gasteiger partial charge in [-0.3, -0.25) is 4.79 Å². The van der Waals surface area contributed by atoms with Crippen molar-refractivity contribution in [3.05, 3.63) is 34.6 Å². The number of carbonyl (C=O) groups is 1. The molecule has 1 aromatic rings. The van der Waals surface area contributed by atoms with Crippen LogP contribution in [0.2, 0.25) is 5.02 Å². The minimum absolute atomic E-state index is 0.111. The second-order valence-electron chi connectivity index (χ2n) is 6.32. The Labute approximate surface area is 139 Å². The number of rotatable bonds is 4. The van der Waals surface area contributed by atoms with Crippen LogP contribution in [0.4, 0.5) is 4.39 Å². The Morgan fingerprint density at radius 3 is 2.78 bits per heavy atom. The van der Waals surface area contributed by atoms with Crippen molar-refractivity contribution < 1.29 is 17.6 Å². The molecule has 8 heteroatoms. The number of nitrogens with one attached hydrogen (secondary N) is 1. The number of carbonyl (C=O) groups excluding carboxylic acids is 1. The standard InChI is InChI=1S/C15H18ClFN2O3S/c1-23(21,22)18-13-5-9-6-14(13)19(8-9)15(20)7-10-11(16)3-2-4-12(10)17/h2-4,9,13-14,18H,5-8H2,1H3. The second kappa shape index (κ2) is 6.03. The highest BCUT2D eigenvalue weighted by atomic mass is 35.5. The Hall–Kier alpha value is -1.18. The summed E-state index contributed by atoms with van der Waals surface area (Å²) in [6.07, 6.45) is 2.52. The third-order valence-corrected chi connectivity index (χ3v) is 5.64. The molecule has 3 atom stereocenters. The summed E-state index contributed by atoms with van der Waals surface area (Å²) in [6, 6.07) is 3.91. The first-order chi connectivity index (χ1) is 10.7. The van der Waals surface area contributed by atoms with Crippen LogP contribution in [0.25, 0.3) is 0 Å². The Morgan fingerprint density at radius 2 is 2.17 bits per heavy atom. The van der Waals surface area contributed by atoms with Gasteiger partial charge in [-0.1, -0.05) is 17.7 Å². The van der Waals surface area contributed by atoms with Gasteiger partial charge in [-0.15, -0.1) is 0 Å². The van der Waals surface area contributed by atoms with Crippen LogP contribution in [-0.4, -0.2) is 44.1 Å². The van der Waals surface area contributed by atoms with Gasteiger partial charge in [-0.2, -0.15) is 0 Å². The van der Waals surface area contributed by atoms with E-state index in [2.05, 4.69) is 4.72 Å². The summed E-state index contributed by atoms with van der Waals surface area (Å²) in [7, 11) is -3.32. The van der Waals surface area contributed by atoms with Crippen LogP contribution < -0.4 is 4.72 Å². The molecule has 1 aliphatic heterocycles. The van der Waals surface area contributed by atoms with Crippen molar-refractivity contribution in [2.24, 2.45) is 5.92 Å². The first-order valence-corrected chi connectivity index (χ1v) is 9.71. The molecule has 1 saturated carbocycles. The highest BCUT2D eigenvalue weighted by Gasteiger charge is 2.47. The number of likely N-dealkylation sites (tertiary alicyclic amines) is 1. The topological polar surface area (TPSA) is 66.5 Å². The van der Waals surface area contributed by atoms with Crippen LogP contribution in [0, 0.1) is 11.7 Å². The fraction of sp³-hybridized carbons (Fsp3) is 0.533. The van der Waals surface area contributed by atoms with Gasteiger partial charge < -0.3 is 4.90 Å². The van der Waals surface area contributed by atoms with E-state index in [-0.39, 0.29) is 35.0 Å². The quantitative estimate of drug-likeness (QED) is 0.886. The van der Waals surface area contributed by atoms with Crippen LogP contribution in [0.15, 0.2) is 18.2 Å². The summed E-state index contributed by atoms with van der Waals surface area (Å²) in [5, 5.41) is 0.230. The molecular weight excluding hydrogens is 343 g/mol. The predicted octanol–water partition coefficient (Wildman–Crippen LogP) is 1.56. The molecule has 23 heavy (non-hydrogen) atoms. The average Bonchev–Trinajstić information content (AvgIpc) is 3.00. The minimum Gasteiger partial charge on any atom is -0.338 e. The zero-order chi connectivity index (χ0) is 16.8. The molecule has 2 fully saturated rings. The summed E-state index contributed by atoms with van der Waals surface area (Å²) in [5.41, 5.74) is 0.189. The van der Waals surface area contributed by atoms with Gasteiger partial charge in [0.2, 0.25) is 15.9 Å². The number of benzene rings is 1. The van der Waals surface area contributed by atoms with Crippen molar-refractivity contribution in [2.45, 2.75) is 31.3 Å². The van der Waals surface area contributed by atoms with Crippen molar-refractivity contribution in [3.8, 4) is 0 Å². The Balaban J connectivity index is 1.74. The minimum atomic E-state index is -3.32. The van der Waals surface area contributed by atoms with Gasteiger partial charge in [0.15, 0.2) is 0 Å². The summed E-state index contributed by atoms with van der Waals surface area (Å²) in [4.78, 5) is 14.2. The van der Waals surface area contributed by atoms with Gasteiger partial charge in [0.05, 0.1) is 12.7 Å². The highest BCUT2D eigenvalue weighted by molar-refractivity contribution is 7.88. The maximum absolute atomic E-state index is 13.8. The van der Waals surface area contributed by atoms with Gasteiger partial charge in [-0.25, -0.2) is 17.5 Å². The Morgan fingerprint density at radius 1 is 1.43 bits per heavy atom. The summed E-state index contributed by atoms with van der Waals surface area (Å²) >= 11 is 5.97. The van der Waals surface area contributed by atoms with E-state index >= 15 is 0 Å². The zero-order valence-electron chi connectivity index (χ0n) is 12.6. The number of piperidine rings is 1. The van der Waals surface area contributed by atoms with Crippen molar-refractivity contribution in [3.63, 3.8) is 0 Å². The first-order valence-electron chi connectivity index (χ1n) is 7.44. The molecule has 0 aromatic heterocycles. The van der Waals surface area contributed by atoms with E-state index < -0.39 is 15.8 Å². The number of fused-ring (bicyclic) bond motifs is 2. The number of amides is 1. The normalized spacial score (nSPS) is 26.7. The number of sulfonamides is 1. The van der Waals surface area contributed by atoms with Crippen LogP contribution >= 0.6 is 11.6 Å². The van der Waals surface area contributed by atoms with Crippen LogP contribution in [-0.2, 0) is 21.2 Å². The predicted molar refractivity (Wildman–Crippen MR) is 85.1 cm³/mol. The lowest BCUT2D eigenvalue weighted by Crippen LogP contribution is -2.52. The van der Waals surface area contributed by atoms with E-state index in [4.69, 9.17) is 11.6 Å². The van der Waals surface area contributed by atoms with Crippen LogP contribution in [0.5, 0.6) is 0 Å². The average molecular weight is 361 g/mol. The Kier molecular flexibility index (Phi) is 4.37. The van der Waals surface area contributed by atoms with Crippen LogP contribution in [0.3, 0.4) is 0 Å². The lowest BCUT2D eigenvalue weighted by atomic mass is 10.0. The highest BCUT2D eigenvalue weighted by Crippen LogP contribution is 2.38. The second-order valence-corrected chi connectivity index (χ2v) is 8.51. The molecule has 1 aliphatic carbocycles. The number of hydrogen-bond donors (Lipinski definition) is 1. The van der Waals surface area contributed by atoms with Crippen molar-refractivity contribution in [1.29, 1.82) is 0 Å². The molecular formula is C15H18ClFN2O3S. The monoisotopic (exact) mass is 360 g/mol. The maximum atomic E-state index is 13.8. The van der Waals surface area contributed by atoms with E-state index in [1.807, 2.05) is 0 Å². The van der Waals surface area contributed by atoms with E-state index in [1.165, 1.54) is 12.1 Å². The van der Waals surface area contributed by atoms with Crippen molar-refractivity contribution in [2.75, 3.05) is 12.8 Å². The molecule has 2 bridgehead atoms. The molecule has 1 aromatic carbocycles. The molecule has 1 amide bonds. The lowest BCUT2D eigenvalue weighted by molar-refractivity contribution is -0.132. The van der Waals surface area contributed by atoms with Gasteiger partial charge >= 0.3 is 0 Å². The third-order valence-electron chi connectivity index (χ3n) is 4.56. The van der Waals surface area contributed by atoms with E-state index in [0.717, 1.165) is 19.1 Å². The van der Waals surface area contributed by atoms with E-state index in [9.17, 15) is 17.6 Å². The molecule has 1 saturated heterocycles. The number of halogens is 2. The molecule has 1 heterocycles. The lowest BCUT2D eigenvalue weighted by Gasteiger charge is -2.33. The van der Waals surface area contributed by atoms with Gasteiger partial charge in [0, 0.05) is 29.2 Å². The fourth-order valence-electron chi connectivity index (χ4n) is 3.67. The van der Waals surface area contributed by atoms with Crippen molar-refractivity contribution >= 4 is 27.5 Å². The molecule has 0 spiro atoms. The van der Waals surface area contributed by atoms with Gasteiger partial charge in [-0.05, 0) is 30.9 Å². The van der Waals surface area contributed by atoms with Crippen molar-refractivity contribution in [1.82, 2.24) is 9.62 Å². The number of nitrogens with zero attached hydrogens (tertiary/aromatic N) is 1. The SMILES string of the molecule is CS(=O)(=O)NC1CC2CC1N(C(=O)Cc1c(F)cccc1Cl)C2. The van der Waals surface area contributed by atoms with E-state index in [1.54, 1.807) is 11.0 Å². The zero-order valence-corrected chi connectivity index (χ0v) is 14.2. The summed E-state index contributed by atoms with van der Waals surface area (Å²) in [6.45, 7) is 0.595. The third kappa shape index (κ3) is 3.51. The van der Waals surface area contributed by atoms with Gasteiger partial charge in [0.1, 0.15) is 5.82 Å². The Bertz CT molecular complexity index is 720. The maximum Gasteiger partial charge on any atom is 0.227 e. The fourth-order valence-corrected chi connectivity index (χ4v) is 4.70. The molecule has 126 valence electrons. The first kappa shape index (κ1) is 16.7. The summed E-state index contributed by atoms with van der Waals surface area (Å²) < 4.78 is 39.3. The number of hydrogen-bond acceptors (Lipinski definition) is 3. The molecule has 3 rings (SSSR count). The summed E-state index contributed by atoms with van der Waals surface area (Å²) in [5.74, 6) is -0.426. The van der Waals surface area contributed by atoms with E-state index in [0.29, 0.717) is 12.5 Å². The largest absolute Gasteiger partial charge is 0.338 e. The molecule has 1 N–H and O–H groups in total. The molecule has 5 nitrogen and oxygen atoms in total. The smallest absolute Gasteiger partial charge is 0.227 e. The molecule has 2 aliphatic rings.